The van der Waals surface area contributed by atoms with Crippen LogP contribution < -0.4 is 0 Å². The summed E-state index contributed by atoms with van der Waals surface area (Å²) in [5, 5.41) is 10.1. The molecule has 0 heterocycles. The van der Waals surface area contributed by atoms with Crippen LogP contribution in [0.4, 0.5) is 0 Å². The largest absolute Gasteiger partial charge is 0.393 e. The Hall–Kier alpha value is -0.410. The van der Waals surface area contributed by atoms with Gasteiger partial charge in [0.05, 0.1) is 6.10 Å². The maximum atomic E-state index is 12.1. The van der Waals surface area contributed by atoms with Crippen LogP contribution in [0.2, 0.25) is 0 Å². The molecule has 3 aliphatic rings. The van der Waals surface area contributed by atoms with Crippen molar-refractivity contribution in [1.29, 1.82) is 0 Å². The number of methoxy groups -OCH3 is 1. The van der Waals surface area contributed by atoms with E-state index in [4.69, 9.17) is 4.74 Å². The lowest BCUT2D eigenvalue weighted by Crippen LogP contribution is -2.39. The molecule has 0 amide bonds. The van der Waals surface area contributed by atoms with Crippen LogP contribution >= 0.6 is 0 Å². The number of carbonyl (C=O) groups is 1. The van der Waals surface area contributed by atoms with Crippen molar-refractivity contribution in [3.05, 3.63) is 0 Å². The molecule has 7 unspecified atom stereocenters. The van der Waals surface area contributed by atoms with Crippen LogP contribution in [0.5, 0.6) is 0 Å². The van der Waals surface area contributed by atoms with E-state index in [0.29, 0.717) is 23.5 Å². The van der Waals surface area contributed by atoms with Crippen LogP contribution in [-0.4, -0.2) is 30.7 Å². The van der Waals surface area contributed by atoms with Gasteiger partial charge in [-0.15, -0.1) is 0 Å². The first kappa shape index (κ1) is 19.4. The summed E-state index contributed by atoms with van der Waals surface area (Å²) in [6, 6.07) is 0. The highest BCUT2D eigenvalue weighted by Crippen LogP contribution is 2.58. The van der Waals surface area contributed by atoms with Crippen molar-refractivity contribution in [1.82, 2.24) is 0 Å². The number of hydrogen-bond donors (Lipinski definition) is 1. The molecule has 3 fully saturated rings. The summed E-state index contributed by atoms with van der Waals surface area (Å²) in [6.07, 6.45) is 11.6. The van der Waals surface area contributed by atoms with Crippen molar-refractivity contribution >= 4 is 5.78 Å². The molecule has 7 atom stereocenters. The minimum Gasteiger partial charge on any atom is -0.393 e. The molecule has 0 spiro atoms. The molecule has 0 aromatic carbocycles. The third-order valence-corrected chi connectivity index (χ3v) is 8.16. The lowest BCUT2D eigenvalue weighted by molar-refractivity contribution is -0.125. The van der Waals surface area contributed by atoms with Crippen molar-refractivity contribution in [3.8, 4) is 0 Å². The molecular formula is C22H38O3. The SMILES string of the molecule is COCC1CCC(O)CC1CCC1CCCC2(C)C(C(C)=O)CCC12. The van der Waals surface area contributed by atoms with Gasteiger partial charge in [0, 0.05) is 19.6 Å². The molecule has 0 aromatic rings. The van der Waals surface area contributed by atoms with Gasteiger partial charge in [-0.2, -0.15) is 0 Å². The van der Waals surface area contributed by atoms with Gasteiger partial charge in [0.15, 0.2) is 0 Å². The Morgan fingerprint density at radius 3 is 2.56 bits per heavy atom. The van der Waals surface area contributed by atoms with E-state index >= 15 is 0 Å². The van der Waals surface area contributed by atoms with E-state index in [9.17, 15) is 9.90 Å². The normalized spacial score (nSPS) is 44.5. The quantitative estimate of drug-likeness (QED) is 0.761. The Morgan fingerprint density at radius 1 is 1.08 bits per heavy atom. The number of rotatable bonds is 6. The van der Waals surface area contributed by atoms with E-state index in [-0.39, 0.29) is 11.5 Å². The highest BCUT2D eigenvalue weighted by molar-refractivity contribution is 5.79. The van der Waals surface area contributed by atoms with Crippen LogP contribution in [0.1, 0.15) is 78.1 Å². The zero-order chi connectivity index (χ0) is 18.0. The summed E-state index contributed by atoms with van der Waals surface area (Å²) in [5.74, 6) is 3.48. The molecule has 1 N–H and O–H groups in total. The highest BCUT2D eigenvalue weighted by atomic mass is 16.5. The number of ether oxygens (including phenoxy) is 1. The van der Waals surface area contributed by atoms with Crippen molar-refractivity contribution in [2.24, 2.45) is 35.0 Å². The zero-order valence-corrected chi connectivity index (χ0v) is 16.5. The molecule has 3 aliphatic carbocycles. The number of Topliss-reactive ketones (excluding diaryl/α,β-unsaturated/α-hetero) is 1. The number of hydrogen-bond acceptors (Lipinski definition) is 3. The Morgan fingerprint density at radius 2 is 1.84 bits per heavy atom. The van der Waals surface area contributed by atoms with Gasteiger partial charge in [-0.1, -0.05) is 19.8 Å². The Balaban J connectivity index is 1.61. The molecule has 0 aliphatic heterocycles. The third kappa shape index (κ3) is 3.98. The van der Waals surface area contributed by atoms with Gasteiger partial charge in [0.2, 0.25) is 0 Å². The first-order chi connectivity index (χ1) is 12.0. The van der Waals surface area contributed by atoms with E-state index in [1.54, 1.807) is 14.0 Å². The lowest BCUT2D eigenvalue weighted by atomic mass is 9.59. The summed E-state index contributed by atoms with van der Waals surface area (Å²) in [5.41, 5.74) is 0.257. The first-order valence-electron chi connectivity index (χ1n) is 10.6. The lowest BCUT2D eigenvalue weighted by Gasteiger charge is -2.45. The van der Waals surface area contributed by atoms with Gasteiger partial charge in [0.25, 0.3) is 0 Å². The summed E-state index contributed by atoms with van der Waals surface area (Å²) in [6.45, 7) is 5.05. The standard InChI is InChI=1S/C22H38O3/c1-15(23)20-10-11-21-16(5-4-12-22(20,21)2)6-7-17-13-19(24)9-8-18(17)14-25-3/h16-21,24H,4-14H2,1-3H3. The smallest absolute Gasteiger partial charge is 0.133 e. The minimum absolute atomic E-state index is 0.108. The van der Waals surface area contributed by atoms with Crippen molar-refractivity contribution < 1.29 is 14.6 Å². The third-order valence-electron chi connectivity index (χ3n) is 8.16. The molecule has 3 saturated carbocycles. The van der Waals surface area contributed by atoms with E-state index in [0.717, 1.165) is 44.1 Å². The van der Waals surface area contributed by atoms with E-state index in [2.05, 4.69) is 6.92 Å². The number of carbonyl (C=O) groups excluding carboxylic acids is 1. The molecule has 144 valence electrons. The summed E-state index contributed by atoms with van der Waals surface area (Å²) in [4.78, 5) is 12.1. The van der Waals surface area contributed by atoms with E-state index < -0.39 is 0 Å². The van der Waals surface area contributed by atoms with Gasteiger partial charge in [0.1, 0.15) is 5.78 Å². The molecule has 25 heavy (non-hydrogen) atoms. The maximum Gasteiger partial charge on any atom is 0.133 e. The first-order valence-corrected chi connectivity index (χ1v) is 10.6. The van der Waals surface area contributed by atoms with E-state index in [1.807, 2.05) is 0 Å². The average molecular weight is 351 g/mol. The molecule has 0 aromatic heterocycles. The maximum absolute atomic E-state index is 12.1. The highest BCUT2D eigenvalue weighted by Gasteiger charge is 2.52. The molecule has 3 heteroatoms. The van der Waals surface area contributed by atoms with Gasteiger partial charge >= 0.3 is 0 Å². The monoisotopic (exact) mass is 350 g/mol. The van der Waals surface area contributed by atoms with Crippen LogP contribution in [0.25, 0.3) is 0 Å². The molecule has 0 bridgehead atoms. The number of aliphatic hydroxyl groups excluding tert-OH is 1. The average Bonchev–Trinajstić information content (AvgIpc) is 2.93. The van der Waals surface area contributed by atoms with Crippen LogP contribution in [0.3, 0.4) is 0 Å². The predicted octanol–water partition coefficient (Wildman–Crippen LogP) is 4.61. The van der Waals surface area contributed by atoms with Crippen LogP contribution in [-0.2, 0) is 9.53 Å². The van der Waals surface area contributed by atoms with Crippen molar-refractivity contribution in [3.63, 3.8) is 0 Å². The number of ketones is 1. The molecule has 3 rings (SSSR count). The Kier molecular flexibility index (Phi) is 6.26. The Bertz CT molecular complexity index is 462. The molecule has 3 nitrogen and oxygen atoms in total. The van der Waals surface area contributed by atoms with Crippen molar-refractivity contribution in [2.75, 3.05) is 13.7 Å². The second kappa shape index (κ2) is 8.08. The fourth-order valence-corrected chi connectivity index (χ4v) is 6.87. The van der Waals surface area contributed by atoms with E-state index in [1.165, 1.54) is 38.5 Å². The van der Waals surface area contributed by atoms with Crippen LogP contribution in [0.15, 0.2) is 0 Å². The molecule has 0 saturated heterocycles. The van der Waals surface area contributed by atoms with Gasteiger partial charge in [-0.05, 0) is 87.4 Å². The Labute approximate surface area is 153 Å². The number of fused-ring (bicyclic) bond motifs is 1. The van der Waals surface area contributed by atoms with Crippen LogP contribution in [0, 0.1) is 35.0 Å². The molecule has 0 radical (unpaired) electrons. The summed E-state index contributed by atoms with van der Waals surface area (Å²) >= 11 is 0. The van der Waals surface area contributed by atoms with Gasteiger partial charge < -0.3 is 9.84 Å². The minimum atomic E-state index is -0.108. The van der Waals surface area contributed by atoms with Gasteiger partial charge in [-0.3, -0.25) is 4.79 Å². The van der Waals surface area contributed by atoms with Gasteiger partial charge in [-0.25, -0.2) is 0 Å². The summed E-state index contributed by atoms with van der Waals surface area (Å²) < 4.78 is 5.45. The zero-order valence-electron chi connectivity index (χ0n) is 16.5. The fraction of sp³-hybridized carbons (Fsp3) is 0.955. The topological polar surface area (TPSA) is 46.5 Å². The summed E-state index contributed by atoms with van der Waals surface area (Å²) in [7, 11) is 1.80. The number of aliphatic hydroxyl groups is 1. The predicted molar refractivity (Wildman–Crippen MR) is 100 cm³/mol. The second-order valence-electron chi connectivity index (χ2n) is 9.52. The molecular weight excluding hydrogens is 312 g/mol. The fourth-order valence-electron chi connectivity index (χ4n) is 6.87. The van der Waals surface area contributed by atoms with Crippen molar-refractivity contribution in [2.45, 2.75) is 84.2 Å². The second-order valence-corrected chi connectivity index (χ2v) is 9.52.